The number of non-ortho nitro benzene ring substituents is 1. The number of nitro benzene ring substituents is 1. The standard InChI is InChI=1S/C14H16N2O4S/c1-9(11-3-5-12(6-4-11)16(19)20)15-8-13(7-14(15)18)21-10(2)17/h3-6,9,13H,7-8H2,1-2H3/t9-,13?/m0/s1. The Kier molecular flexibility index (Phi) is 4.62. The summed E-state index contributed by atoms with van der Waals surface area (Å²) in [7, 11) is 0. The van der Waals surface area contributed by atoms with Gasteiger partial charge >= 0.3 is 0 Å². The Hall–Kier alpha value is -1.89. The minimum Gasteiger partial charge on any atom is -0.335 e. The van der Waals surface area contributed by atoms with Crippen LogP contribution in [0.15, 0.2) is 24.3 Å². The third-order valence-corrected chi connectivity index (χ3v) is 4.49. The van der Waals surface area contributed by atoms with E-state index in [0.717, 1.165) is 5.56 Å². The molecule has 0 saturated carbocycles. The van der Waals surface area contributed by atoms with E-state index in [1.165, 1.54) is 30.8 Å². The molecule has 2 rings (SSSR count). The second-order valence-corrected chi connectivity index (χ2v) is 6.48. The molecule has 1 amide bonds. The number of amides is 1. The third-order valence-electron chi connectivity index (χ3n) is 3.51. The number of carbonyl (C=O) groups is 2. The normalized spacial score (nSPS) is 19.6. The summed E-state index contributed by atoms with van der Waals surface area (Å²) < 4.78 is 0. The maximum atomic E-state index is 12.0. The van der Waals surface area contributed by atoms with Crippen LogP contribution < -0.4 is 0 Å². The Labute approximate surface area is 126 Å². The Morgan fingerprint density at radius 2 is 2.05 bits per heavy atom. The first-order chi connectivity index (χ1) is 9.88. The smallest absolute Gasteiger partial charge is 0.269 e. The van der Waals surface area contributed by atoms with E-state index >= 15 is 0 Å². The predicted octanol–water partition coefficient (Wildman–Crippen LogP) is 2.54. The van der Waals surface area contributed by atoms with Gasteiger partial charge in [-0.25, -0.2) is 0 Å². The molecule has 0 N–H and O–H groups in total. The van der Waals surface area contributed by atoms with Gasteiger partial charge < -0.3 is 4.90 Å². The SMILES string of the molecule is CC(=O)SC1CC(=O)N([C@@H](C)c2ccc([N+](=O)[O-])cc2)C1. The quantitative estimate of drug-likeness (QED) is 0.630. The zero-order valence-corrected chi connectivity index (χ0v) is 12.6. The molecule has 1 saturated heterocycles. The van der Waals surface area contributed by atoms with Crippen molar-refractivity contribution in [2.45, 2.75) is 31.6 Å². The summed E-state index contributed by atoms with van der Waals surface area (Å²) in [5, 5.41) is 10.6. The zero-order chi connectivity index (χ0) is 15.6. The van der Waals surface area contributed by atoms with E-state index in [1.54, 1.807) is 17.0 Å². The Bertz CT molecular complexity index is 573. The van der Waals surface area contributed by atoms with Gasteiger partial charge in [0, 0.05) is 37.3 Å². The van der Waals surface area contributed by atoms with Gasteiger partial charge in [-0.2, -0.15) is 0 Å². The Morgan fingerprint density at radius 3 is 2.57 bits per heavy atom. The minimum absolute atomic E-state index is 0.00417. The number of carbonyl (C=O) groups excluding carboxylic acids is 2. The summed E-state index contributed by atoms with van der Waals surface area (Å²) in [4.78, 5) is 35.1. The van der Waals surface area contributed by atoms with Gasteiger partial charge in [0.15, 0.2) is 5.12 Å². The van der Waals surface area contributed by atoms with Crippen LogP contribution in [0.2, 0.25) is 0 Å². The van der Waals surface area contributed by atoms with Crippen molar-refractivity contribution < 1.29 is 14.5 Å². The van der Waals surface area contributed by atoms with Gasteiger partial charge in [-0.1, -0.05) is 23.9 Å². The number of hydrogen-bond acceptors (Lipinski definition) is 5. The van der Waals surface area contributed by atoms with E-state index < -0.39 is 4.92 Å². The van der Waals surface area contributed by atoms with E-state index in [2.05, 4.69) is 0 Å². The largest absolute Gasteiger partial charge is 0.335 e. The zero-order valence-electron chi connectivity index (χ0n) is 11.8. The molecule has 112 valence electrons. The fourth-order valence-electron chi connectivity index (χ4n) is 2.44. The molecule has 0 radical (unpaired) electrons. The van der Waals surface area contributed by atoms with Gasteiger partial charge in [0.05, 0.1) is 11.0 Å². The lowest BCUT2D eigenvalue weighted by Gasteiger charge is -2.25. The molecule has 1 heterocycles. The van der Waals surface area contributed by atoms with Crippen molar-refractivity contribution in [3.05, 3.63) is 39.9 Å². The average molecular weight is 308 g/mol. The van der Waals surface area contributed by atoms with E-state index in [9.17, 15) is 19.7 Å². The first-order valence-corrected chi connectivity index (χ1v) is 7.47. The second-order valence-electron chi connectivity index (χ2n) is 5.01. The molecule has 0 bridgehead atoms. The molecular weight excluding hydrogens is 292 g/mol. The van der Waals surface area contributed by atoms with E-state index in [-0.39, 0.29) is 28.0 Å². The molecule has 1 fully saturated rings. The van der Waals surface area contributed by atoms with Gasteiger partial charge in [0.25, 0.3) is 5.69 Å². The van der Waals surface area contributed by atoms with Crippen LogP contribution in [0.5, 0.6) is 0 Å². The van der Waals surface area contributed by atoms with Crippen LogP contribution in [0.1, 0.15) is 31.9 Å². The highest BCUT2D eigenvalue weighted by Gasteiger charge is 2.34. The van der Waals surface area contributed by atoms with E-state index in [4.69, 9.17) is 0 Å². The number of hydrogen-bond donors (Lipinski definition) is 0. The summed E-state index contributed by atoms with van der Waals surface area (Å²) in [6, 6.07) is 6.06. The fourth-order valence-corrected chi connectivity index (χ4v) is 3.37. The summed E-state index contributed by atoms with van der Waals surface area (Å²) in [5.41, 5.74) is 0.881. The Morgan fingerprint density at radius 1 is 1.43 bits per heavy atom. The number of nitro groups is 1. The molecule has 21 heavy (non-hydrogen) atoms. The maximum absolute atomic E-state index is 12.0. The summed E-state index contributed by atoms with van der Waals surface area (Å²) in [5.74, 6) is 0.0135. The van der Waals surface area contributed by atoms with Crippen LogP contribution in [-0.2, 0) is 9.59 Å². The van der Waals surface area contributed by atoms with E-state index in [0.29, 0.717) is 13.0 Å². The molecule has 7 heteroatoms. The molecule has 0 aromatic heterocycles. The minimum atomic E-state index is -0.449. The van der Waals surface area contributed by atoms with Crippen LogP contribution in [-0.4, -0.2) is 32.6 Å². The van der Waals surface area contributed by atoms with Gasteiger partial charge in [-0.3, -0.25) is 19.7 Å². The molecule has 1 aliphatic rings. The molecule has 1 aromatic carbocycles. The van der Waals surface area contributed by atoms with Gasteiger partial charge in [0.2, 0.25) is 5.91 Å². The summed E-state index contributed by atoms with van der Waals surface area (Å²) in [6.45, 7) is 3.92. The predicted molar refractivity (Wildman–Crippen MR) is 79.9 cm³/mol. The van der Waals surface area contributed by atoms with Crippen LogP contribution >= 0.6 is 11.8 Å². The maximum Gasteiger partial charge on any atom is 0.269 e. The lowest BCUT2D eigenvalue weighted by Crippen LogP contribution is -2.28. The Balaban J connectivity index is 2.09. The third kappa shape index (κ3) is 3.60. The van der Waals surface area contributed by atoms with Gasteiger partial charge in [-0.05, 0) is 12.5 Å². The number of thioether (sulfide) groups is 1. The second kappa shape index (κ2) is 6.26. The van der Waals surface area contributed by atoms with Crippen LogP contribution in [0.4, 0.5) is 5.69 Å². The van der Waals surface area contributed by atoms with Crippen molar-refractivity contribution in [1.82, 2.24) is 4.90 Å². The average Bonchev–Trinajstić information content (AvgIpc) is 2.78. The number of benzene rings is 1. The fraction of sp³-hybridized carbons (Fsp3) is 0.429. The topological polar surface area (TPSA) is 80.5 Å². The first-order valence-electron chi connectivity index (χ1n) is 6.59. The monoisotopic (exact) mass is 308 g/mol. The first kappa shape index (κ1) is 15.5. The van der Waals surface area contributed by atoms with Crippen molar-refractivity contribution in [2.75, 3.05) is 6.54 Å². The highest BCUT2D eigenvalue weighted by molar-refractivity contribution is 8.14. The van der Waals surface area contributed by atoms with Crippen molar-refractivity contribution in [2.24, 2.45) is 0 Å². The molecule has 2 atom stereocenters. The molecule has 1 aliphatic heterocycles. The molecule has 0 aliphatic carbocycles. The number of rotatable bonds is 4. The van der Waals surface area contributed by atoms with Crippen LogP contribution in [0, 0.1) is 10.1 Å². The van der Waals surface area contributed by atoms with Gasteiger partial charge in [-0.15, -0.1) is 0 Å². The highest BCUT2D eigenvalue weighted by Crippen LogP contribution is 2.31. The van der Waals surface area contributed by atoms with Crippen molar-refractivity contribution in [1.29, 1.82) is 0 Å². The molecule has 1 aromatic rings. The van der Waals surface area contributed by atoms with E-state index in [1.807, 2.05) is 6.92 Å². The highest BCUT2D eigenvalue weighted by atomic mass is 32.2. The van der Waals surface area contributed by atoms with Crippen molar-refractivity contribution in [3.63, 3.8) is 0 Å². The van der Waals surface area contributed by atoms with Crippen molar-refractivity contribution >= 4 is 28.5 Å². The van der Waals surface area contributed by atoms with Crippen LogP contribution in [0.3, 0.4) is 0 Å². The lowest BCUT2D eigenvalue weighted by molar-refractivity contribution is -0.384. The lowest BCUT2D eigenvalue weighted by atomic mass is 10.1. The van der Waals surface area contributed by atoms with Crippen LogP contribution in [0.25, 0.3) is 0 Å². The number of nitrogens with zero attached hydrogens (tertiary/aromatic N) is 2. The molecular formula is C14H16N2O4S. The molecule has 0 spiro atoms. The van der Waals surface area contributed by atoms with Crippen molar-refractivity contribution in [3.8, 4) is 0 Å². The summed E-state index contributed by atoms with van der Waals surface area (Å²) >= 11 is 1.20. The summed E-state index contributed by atoms with van der Waals surface area (Å²) in [6.07, 6.45) is 0.363. The number of likely N-dealkylation sites (tertiary alicyclic amines) is 1. The molecule has 1 unspecified atom stereocenters. The van der Waals surface area contributed by atoms with Gasteiger partial charge in [0.1, 0.15) is 0 Å². The molecule has 6 nitrogen and oxygen atoms in total.